The van der Waals surface area contributed by atoms with E-state index in [2.05, 4.69) is 55.3 Å². The lowest BCUT2D eigenvalue weighted by atomic mass is 10.0. The number of amides is 1. The van der Waals surface area contributed by atoms with Crippen LogP contribution in [0.2, 0.25) is 0 Å². The second kappa shape index (κ2) is 9.56. The lowest BCUT2D eigenvalue weighted by molar-refractivity contribution is -0.115. The summed E-state index contributed by atoms with van der Waals surface area (Å²) in [5.74, 6) is 2.12. The lowest BCUT2D eigenvalue weighted by Gasteiger charge is -2.25. The Kier molecular flexibility index (Phi) is 6.72. The monoisotopic (exact) mass is 466 g/mol. The maximum atomic E-state index is 12.5. The van der Waals surface area contributed by atoms with Crippen LogP contribution in [0.25, 0.3) is 0 Å². The van der Waals surface area contributed by atoms with Crippen LogP contribution in [0.5, 0.6) is 5.88 Å². The van der Waals surface area contributed by atoms with Crippen molar-refractivity contribution < 1.29 is 14.1 Å². The van der Waals surface area contributed by atoms with Crippen molar-refractivity contribution in [2.75, 3.05) is 5.32 Å². The molecule has 4 rings (SSSR count). The molecule has 34 heavy (non-hydrogen) atoms. The van der Waals surface area contributed by atoms with E-state index in [-0.39, 0.29) is 29.9 Å². The van der Waals surface area contributed by atoms with Crippen LogP contribution in [0.15, 0.2) is 28.9 Å². The molecule has 0 saturated heterocycles. The van der Waals surface area contributed by atoms with Gasteiger partial charge in [-0.1, -0.05) is 19.0 Å². The summed E-state index contributed by atoms with van der Waals surface area (Å²) < 4.78 is 13.5. The number of aryl methyl sites for hydroxylation is 1. The number of nitrogens with zero attached hydrogens (tertiary/aromatic N) is 5. The fraction of sp³-hybridized carbons (Fsp3) is 0.560. The van der Waals surface area contributed by atoms with Gasteiger partial charge >= 0.3 is 0 Å². The molecule has 0 aliphatic heterocycles. The Hall–Kier alpha value is -3.23. The lowest BCUT2D eigenvalue weighted by Crippen LogP contribution is -2.26. The Balaban J connectivity index is 1.48. The molecular formula is C25H34N6O3. The molecule has 9 heteroatoms. The molecule has 3 aromatic heterocycles. The molecule has 0 aromatic carbocycles. The number of anilines is 1. The molecule has 1 fully saturated rings. The summed E-state index contributed by atoms with van der Waals surface area (Å²) >= 11 is 0. The molecule has 1 amide bonds. The van der Waals surface area contributed by atoms with E-state index in [1.807, 2.05) is 23.7 Å². The van der Waals surface area contributed by atoms with E-state index < -0.39 is 0 Å². The maximum Gasteiger partial charge on any atom is 0.237 e. The van der Waals surface area contributed by atoms with Gasteiger partial charge in [-0.15, -0.1) is 5.10 Å². The van der Waals surface area contributed by atoms with E-state index in [1.165, 1.54) is 0 Å². The van der Waals surface area contributed by atoms with Gasteiger partial charge in [-0.25, -0.2) is 0 Å². The maximum absolute atomic E-state index is 12.5. The first-order chi connectivity index (χ1) is 16.1. The van der Waals surface area contributed by atoms with Gasteiger partial charge < -0.3 is 14.6 Å². The van der Waals surface area contributed by atoms with Crippen LogP contribution in [-0.2, 0) is 16.8 Å². The number of carbonyl (C=O) groups is 1. The number of rotatable bonds is 7. The normalized spacial score (nSPS) is 18.4. The fourth-order valence-corrected chi connectivity index (χ4v) is 4.46. The Morgan fingerprint density at radius 2 is 2.09 bits per heavy atom. The molecule has 1 saturated carbocycles. The van der Waals surface area contributed by atoms with E-state index in [9.17, 15) is 4.79 Å². The number of hydrogen-bond acceptors (Lipinski definition) is 7. The molecule has 0 bridgehead atoms. The van der Waals surface area contributed by atoms with Crippen LogP contribution < -0.4 is 10.1 Å². The predicted molar refractivity (Wildman–Crippen MR) is 128 cm³/mol. The largest absolute Gasteiger partial charge is 0.473 e. The second-order valence-electron chi connectivity index (χ2n) is 10.4. The first-order valence-corrected chi connectivity index (χ1v) is 11.9. The van der Waals surface area contributed by atoms with Crippen LogP contribution in [0.1, 0.15) is 88.4 Å². The summed E-state index contributed by atoms with van der Waals surface area (Å²) in [6.45, 7) is 12.4. The summed E-state index contributed by atoms with van der Waals surface area (Å²) in [5, 5.41) is 19.7. The molecule has 3 aromatic rings. The third-order valence-corrected chi connectivity index (χ3v) is 6.07. The molecule has 0 spiro atoms. The smallest absolute Gasteiger partial charge is 0.237 e. The average Bonchev–Trinajstić information content (AvgIpc) is 3.48. The molecule has 3 heterocycles. The number of ether oxygens (including phenoxy) is 1. The van der Waals surface area contributed by atoms with Gasteiger partial charge in [0.25, 0.3) is 0 Å². The fourth-order valence-electron chi connectivity index (χ4n) is 4.46. The molecule has 0 radical (unpaired) electrons. The highest BCUT2D eigenvalue weighted by Gasteiger charge is 2.33. The van der Waals surface area contributed by atoms with E-state index in [4.69, 9.17) is 14.4 Å². The zero-order chi connectivity index (χ0) is 24.5. The van der Waals surface area contributed by atoms with E-state index in [0.29, 0.717) is 23.4 Å². The van der Waals surface area contributed by atoms with Crippen LogP contribution in [-0.4, -0.2) is 37.1 Å². The molecular weight excluding hydrogens is 432 g/mol. The Morgan fingerprint density at radius 1 is 1.29 bits per heavy atom. The summed E-state index contributed by atoms with van der Waals surface area (Å²) in [6, 6.07) is 5.73. The predicted octanol–water partition coefficient (Wildman–Crippen LogP) is 4.74. The second-order valence-corrected chi connectivity index (χ2v) is 10.4. The minimum atomic E-state index is -0.227. The van der Waals surface area contributed by atoms with E-state index in [0.717, 1.165) is 36.2 Å². The highest BCUT2D eigenvalue weighted by Crippen LogP contribution is 2.39. The first kappa shape index (κ1) is 23.9. The van der Waals surface area contributed by atoms with Crippen molar-refractivity contribution in [3.8, 4) is 5.88 Å². The number of hydrogen-bond donors (Lipinski definition) is 1. The third kappa shape index (κ3) is 5.46. The van der Waals surface area contributed by atoms with Gasteiger partial charge in [0.05, 0.1) is 23.9 Å². The minimum absolute atomic E-state index is 0.0650. The molecule has 1 aliphatic rings. The van der Waals surface area contributed by atoms with Gasteiger partial charge in [0.1, 0.15) is 11.9 Å². The average molecular weight is 467 g/mol. The van der Waals surface area contributed by atoms with Crippen molar-refractivity contribution >= 4 is 11.7 Å². The number of carbonyl (C=O) groups excluding carboxylic acids is 1. The van der Waals surface area contributed by atoms with Gasteiger partial charge in [0.2, 0.25) is 11.8 Å². The molecule has 1 aliphatic carbocycles. The first-order valence-electron chi connectivity index (χ1n) is 11.9. The van der Waals surface area contributed by atoms with Crippen LogP contribution in [0.4, 0.5) is 5.82 Å². The summed E-state index contributed by atoms with van der Waals surface area (Å²) in [7, 11) is 0. The van der Waals surface area contributed by atoms with Crippen LogP contribution >= 0.6 is 0 Å². The number of aromatic nitrogens is 5. The molecule has 182 valence electrons. The van der Waals surface area contributed by atoms with Crippen molar-refractivity contribution in [1.29, 1.82) is 0 Å². The summed E-state index contributed by atoms with van der Waals surface area (Å²) in [5.41, 5.74) is 2.70. The van der Waals surface area contributed by atoms with Crippen LogP contribution in [0, 0.1) is 6.92 Å². The van der Waals surface area contributed by atoms with E-state index in [1.54, 1.807) is 12.3 Å². The quantitative estimate of drug-likeness (QED) is 0.535. The zero-order valence-corrected chi connectivity index (χ0v) is 20.8. The van der Waals surface area contributed by atoms with Gasteiger partial charge in [-0.05, 0) is 58.9 Å². The van der Waals surface area contributed by atoms with Crippen molar-refractivity contribution in [1.82, 2.24) is 25.1 Å². The zero-order valence-electron chi connectivity index (χ0n) is 20.8. The van der Waals surface area contributed by atoms with Crippen LogP contribution in [0.3, 0.4) is 0 Å². The molecule has 9 nitrogen and oxygen atoms in total. The Morgan fingerprint density at radius 3 is 2.76 bits per heavy atom. The molecule has 2 atom stereocenters. The van der Waals surface area contributed by atoms with Gasteiger partial charge in [0.15, 0.2) is 5.82 Å². The summed E-state index contributed by atoms with van der Waals surface area (Å²) in [6.07, 6.45) is 4.67. The van der Waals surface area contributed by atoms with Gasteiger partial charge in [0, 0.05) is 29.3 Å². The third-order valence-electron chi connectivity index (χ3n) is 6.07. The Labute approximate surface area is 200 Å². The SMILES string of the molecule is Cc1cc(CC(=O)Nc2cc(C3CCC(Oc4nnccc4C(C)C)C3)n(C(C)(C)C)n2)on1. The standard InChI is InChI=1S/C25H34N6O3/c1-15(2)20-9-10-26-28-24(20)33-18-8-7-17(12-18)21-14-22(29-31(21)25(4,5)6)27-23(32)13-19-11-16(3)30-34-19/h9-11,14-15,17-18H,7-8,12-13H2,1-6H3,(H,27,29,32). The van der Waals surface area contributed by atoms with Crippen molar-refractivity contribution in [2.24, 2.45) is 0 Å². The highest BCUT2D eigenvalue weighted by atomic mass is 16.5. The van der Waals surface area contributed by atoms with Crippen molar-refractivity contribution in [2.45, 2.75) is 90.7 Å². The van der Waals surface area contributed by atoms with E-state index >= 15 is 0 Å². The summed E-state index contributed by atoms with van der Waals surface area (Å²) in [4.78, 5) is 12.5. The highest BCUT2D eigenvalue weighted by molar-refractivity contribution is 5.91. The van der Waals surface area contributed by atoms with Gasteiger partial charge in [-0.2, -0.15) is 10.2 Å². The minimum Gasteiger partial charge on any atom is -0.473 e. The topological polar surface area (TPSA) is 108 Å². The molecule has 2 unspecified atom stereocenters. The Bertz CT molecular complexity index is 1140. The molecule has 1 N–H and O–H groups in total. The number of nitrogens with one attached hydrogen (secondary N) is 1. The van der Waals surface area contributed by atoms with Crippen molar-refractivity contribution in [3.63, 3.8) is 0 Å². The van der Waals surface area contributed by atoms with Crippen molar-refractivity contribution in [3.05, 3.63) is 47.1 Å². The van der Waals surface area contributed by atoms with Gasteiger partial charge in [-0.3, -0.25) is 9.48 Å².